The van der Waals surface area contributed by atoms with Crippen LogP contribution in [0.4, 0.5) is 19.0 Å². The first-order valence-electron chi connectivity index (χ1n) is 5.51. The Labute approximate surface area is 97.7 Å². The highest BCUT2D eigenvalue weighted by atomic mass is 19.2. The van der Waals surface area contributed by atoms with Crippen molar-refractivity contribution in [3.8, 4) is 0 Å². The Bertz CT molecular complexity index is 361. The second kappa shape index (κ2) is 7.11. The Morgan fingerprint density at radius 1 is 1.06 bits per heavy atom. The lowest BCUT2D eigenvalue weighted by atomic mass is 10.2. The highest BCUT2D eigenvalue weighted by molar-refractivity contribution is 5.35. The number of pyridine rings is 1. The summed E-state index contributed by atoms with van der Waals surface area (Å²) < 4.78 is 38.4. The predicted molar refractivity (Wildman–Crippen MR) is 58.2 cm³/mol. The van der Waals surface area contributed by atoms with E-state index < -0.39 is 17.6 Å². The number of hydrogen-bond acceptors (Lipinski definition) is 3. The number of unbranched alkanes of at least 4 members (excludes halogenated alkanes) is 3. The molecule has 0 bridgehead atoms. The summed E-state index contributed by atoms with van der Waals surface area (Å²) in [5, 5.41) is 11.1. The molecule has 0 aliphatic rings. The number of aromatic nitrogens is 1. The van der Waals surface area contributed by atoms with E-state index in [1.54, 1.807) is 0 Å². The van der Waals surface area contributed by atoms with E-state index in [1.165, 1.54) is 0 Å². The van der Waals surface area contributed by atoms with Gasteiger partial charge >= 0.3 is 0 Å². The minimum Gasteiger partial charge on any atom is -0.396 e. The van der Waals surface area contributed by atoms with Crippen molar-refractivity contribution in [1.82, 2.24) is 4.98 Å². The maximum Gasteiger partial charge on any atom is 0.251 e. The molecule has 17 heavy (non-hydrogen) atoms. The van der Waals surface area contributed by atoms with E-state index in [4.69, 9.17) is 5.11 Å². The van der Waals surface area contributed by atoms with Crippen molar-refractivity contribution in [1.29, 1.82) is 0 Å². The van der Waals surface area contributed by atoms with E-state index in [0.29, 0.717) is 12.6 Å². The van der Waals surface area contributed by atoms with Gasteiger partial charge in [-0.15, -0.1) is 0 Å². The summed E-state index contributed by atoms with van der Waals surface area (Å²) in [5.74, 6) is -3.78. The van der Waals surface area contributed by atoms with E-state index in [0.717, 1.165) is 25.7 Å². The molecule has 0 aliphatic carbocycles. The molecular formula is C11H15F3N2O. The predicted octanol–water partition coefficient (Wildman–Crippen LogP) is 2.46. The molecular weight excluding hydrogens is 233 g/mol. The van der Waals surface area contributed by atoms with Crippen LogP contribution in [0.3, 0.4) is 0 Å². The van der Waals surface area contributed by atoms with Crippen LogP contribution in [-0.2, 0) is 0 Å². The van der Waals surface area contributed by atoms with E-state index in [1.807, 2.05) is 0 Å². The third-order valence-corrected chi connectivity index (χ3v) is 2.26. The summed E-state index contributed by atoms with van der Waals surface area (Å²) in [4.78, 5) is 3.14. The Kier molecular flexibility index (Phi) is 5.76. The lowest BCUT2D eigenvalue weighted by Crippen LogP contribution is -2.07. The molecule has 6 heteroatoms. The van der Waals surface area contributed by atoms with Gasteiger partial charge in [0.2, 0.25) is 0 Å². The molecule has 1 rings (SSSR count). The van der Waals surface area contributed by atoms with Crippen LogP contribution >= 0.6 is 0 Å². The average molecular weight is 248 g/mol. The molecule has 1 aromatic rings. The number of aliphatic hydroxyl groups excluding tert-OH is 1. The fourth-order valence-corrected chi connectivity index (χ4v) is 1.37. The molecule has 0 atom stereocenters. The Hall–Kier alpha value is -1.30. The molecule has 96 valence electrons. The number of aliphatic hydroxyl groups is 1. The van der Waals surface area contributed by atoms with Gasteiger partial charge in [0, 0.05) is 19.2 Å². The third kappa shape index (κ3) is 4.60. The van der Waals surface area contributed by atoms with Crippen LogP contribution in [0.5, 0.6) is 0 Å². The van der Waals surface area contributed by atoms with E-state index >= 15 is 0 Å². The van der Waals surface area contributed by atoms with E-state index in [-0.39, 0.29) is 12.4 Å². The summed E-state index contributed by atoms with van der Waals surface area (Å²) in [6.07, 6.45) is 3.24. The van der Waals surface area contributed by atoms with Gasteiger partial charge in [0.1, 0.15) is 0 Å². The number of anilines is 1. The number of nitrogens with one attached hydrogen (secondary N) is 1. The van der Waals surface area contributed by atoms with Gasteiger partial charge in [0.05, 0.1) is 0 Å². The second-order valence-electron chi connectivity index (χ2n) is 3.66. The van der Waals surface area contributed by atoms with Gasteiger partial charge in [-0.25, -0.2) is 8.78 Å². The molecule has 0 amide bonds. The molecule has 0 fully saturated rings. The van der Waals surface area contributed by atoms with Crippen molar-refractivity contribution in [2.75, 3.05) is 18.5 Å². The topological polar surface area (TPSA) is 45.1 Å². The van der Waals surface area contributed by atoms with Crippen molar-refractivity contribution >= 4 is 5.82 Å². The number of nitrogens with zero attached hydrogens (tertiary/aromatic N) is 1. The van der Waals surface area contributed by atoms with Crippen molar-refractivity contribution < 1.29 is 18.3 Å². The number of hydrogen-bond donors (Lipinski definition) is 2. The van der Waals surface area contributed by atoms with Crippen LogP contribution in [0.25, 0.3) is 0 Å². The third-order valence-electron chi connectivity index (χ3n) is 2.26. The Balaban J connectivity index is 2.34. The number of rotatable bonds is 7. The SMILES string of the molecule is OCCCCCCNc1nc(F)c(F)cc1F. The van der Waals surface area contributed by atoms with Gasteiger partial charge < -0.3 is 10.4 Å². The molecule has 1 aromatic heterocycles. The zero-order valence-electron chi connectivity index (χ0n) is 9.35. The standard InChI is InChI=1S/C11H15F3N2O/c12-8-7-9(13)11(16-10(8)14)15-5-3-1-2-4-6-17/h7,17H,1-6H2,(H,15,16). The van der Waals surface area contributed by atoms with Gasteiger partial charge in [-0.2, -0.15) is 9.37 Å². The summed E-state index contributed by atoms with van der Waals surface area (Å²) in [6.45, 7) is 0.590. The van der Waals surface area contributed by atoms with Crippen LogP contribution in [0.1, 0.15) is 25.7 Å². The fraction of sp³-hybridized carbons (Fsp3) is 0.545. The van der Waals surface area contributed by atoms with Crippen LogP contribution in [0.15, 0.2) is 6.07 Å². The van der Waals surface area contributed by atoms with Crippen LogP contribution < -0.4 is 5.32 Å². The molecule has 0 radical (unpaired) electrons. The second-order valence-corrected chi connectivity index (χ2v) is 3.66. The highest BCUT2D eigenvalue weighted by Crippen LogP contribution is 2.14. The molecule has 0 unspecified atom stereocenters. The van der Waals surface area contributed by atoms with Gasteiger partial charge in [-0.3, -0.25) is 0 Å². The molecule has 2 N–H and O–H groups in total. The monoisotopic (exact) mass is 248 g/mol. The molecule has 0 aliphatic heterocycles. The first kappa shape index (κ1) is 13.8. The van der Waals surface area contributed by atoms with Gasteiger partial charge in [0.25, 0.3) is 5.95 Å². The first-order chi connectivity index (χ1) is 8.15. The molecule has 3 nitrogen and oxygen atoms in total. The van der Waals surface area contributed by atoms with Crippen molar-refractivity contribution in [3.63, 3.8) is 0 Å². The van der Waals surface area contributed by atoms with E-state index in [2.05, 4.69) is 10.3 Å². The van der Waals surface area contributed by atoms with Crippen molar-refractivity contribution in [2.24, 2.45) is 0 Å². The van der Waals surface area contributed by atoms with Crippen LogP contribution in [0, 0.1) is 17.6 Å². The highest BCUT2D eigenvalue weighted by Gasteiger charge is 2.10. The summed E-state index contributed by atoms with van der Waals surface area (Å²) in [5.41, 5.74) is 0. The minimum atomic E-state index is -1.31. The lowest BCUT2D eigenvalue weighted by Gasteiger charge is -2.06. The quantitative estimate of drug-likeness (QED) is 0.575. The average Bonchev–Trinajstić information content (AvgIpc) is 2.30. The summed E-state index contributed by atoms with van der Waals surface area (Å²) >= 11 is 0. The van der Waals surface area contributed by atoms with Crippen LogP contribution in [-0.4, -0.2) is 23.2 Å². The summed E-state index contributed by atoms with van der Waals surface area (Å²) in [6, 6.07) is 0.469. The number of halogens is 3. The molecule has 0 saturated carbocycles. The van der Waals surface area contributed by atoms with E-state index in [9.17, 15) is 13.2 Å². The normalized spacial score (nSPS) is 10.6. The maximum absolute atomic E-state index is 13.1. The van der Waals surface area contributed by atoms with Crippen molar-refractivity contribution in [2.45, 2.75) is 25.7 Å². The largest absolute Gasteiger partial charge is 0.396 e. The zero-order chi connectivity index (χ0) is 12.7. The Morgan fingerprint density at radius 3 is 2.47 bits per heavy atom. The molecule has 0 spiro atoms. The molecule has 1 heterocycles. The van der Waals surface area contributed by atoms with Gasteiger partial charge in [-0.1, -0.05) is 12.8 Å². The smallest absolute Gasteiger partial charge is 0.251 e. The van der Waals surface area contributed by atoms with Gasteiger partial charge in [-0.05, 0) is 12.8 Å². The van der Waals surface area contributed by atoms with Crippen LogP contribution in [0.2, 0.25) is 0 Å². The molecule has 0 aromatic carbocycles. The summed E-state index contributed by atoms with van der Waals surface area (Å²) in [7, 11) is 0. The Morgan fingerprint density at radius 2 is 1.76 bits per heavy atom. The fourth-order valence-electron chi connectivity index (χ4n) is 1.37. The maximum atomic E-state index is 13.1. The molecule has 0 saturated heterocycles. The lowest BCUT2D eigenvalue weighted by molar-refractivity contribution is 0.283. The van der Waals surface area contributed by atoms with Crippen molar-refractivity contribution in [3.05, 3.63) is 23.6 Å². The van der Waals surface area contributed by atoms with Gasteiger partial charge in [0.15, 0.2) is 17.5 Å². The minimum absolute atomic E-state index is 0.160. The first-order valence-corrected chi connectivity index (χ1v) is 5.51. The zero-order valence-corrected chi connectivity index (χ0v) is 9.35.